The standard InChI is InChI=1S/C13H13BrF3N3O/c1-7-10(8(2)20-19-7)6-18-11-4-3-9(14)5-12(11)21-13(15,16)17/h3-5,18H,6H2,1-2H3,(H,19,20). The van der Waals surface area contributed by atoms with Gasteiger partial charge in [-0.05, 0) is 32.0 Å². The number of hydrogen-bond donors (Lipinski definition) is 2. The largest absolute Gasteiger partial charge is 0.573 e. The molecule has 2 rings (SSSR count). The number of nitrogens with zero attached hydrogens (tertiary/aromatic N) is 1. The van der Waals surface area contributed by atoms with E-state index in [9.17, 15) is 13.2 Å². The first-order valence-electron chi connectivity index (χ1n) is 6.06. The van der Waals surface area contributed by atoms with Gasteiger partial charge in [0.05, 0.1) is 11.4 Å². The lowest BCUT2D eigenvalue weighted by Gasteiger charge is -2.15. The first-order valence-corrected chi connectivity index (χ1v) is 6.85. The molecule has 0 fully saturated rings. The fraction of sp³-hybridized carbons (Fsp3) is 0.308. The number of nitrogens with one attached hydrogen (secondary N) is 2. The third-order valence-electron chi connectivity index (χ3n) is 2.91. The van der Waals surface area contributed by atoms with E-state index in [4.69, 9.17) is 0 Å². The number of aromatic nitrogens is 2. The lowest BCUT2D eigenvalue weighted by Crippen LogP contribution is -2.18. The van der Waals surface area contributed by atoms with Crippen LogP contribution in [0.2, 0.25) is 0 Å². The molecule has 4 nitrogen and oxygen atoms in total. The summed E-state index contributed by atoms with van der Waals surface area (Å²) in [4.78, 5) is 0. The van der Waals surface area contributed by atoms with Crippen LogP contribution < -0.4 is 10.1 Å². The highest BCUT2D eigenvalue weighted by atomic mass is 79.9. The average molecular weight is 364 g/mol. The molecule has 0 amide bonds. The van der Waals surface area contributed by atoms with Crippen molar-refractivity contribution in [3.63, 3.8) is 0 Å². The normalized spacial score (nSPS) is 11.5. The lowest BCUT2D eigenvalue weighted by molar-refractivity contribution is -0.274. The van der Waals surface area contributed by atoms with E-state index in [1.54, 1.807) is 6.07 Å². The molecule has 114 valence electrons. The SMILES string of the molecule is Cc1n[nH]c(C)c1CNc1ccc(Br)cc1OC(F)(F)F. The predicted octanol–water partition coefficient (Wildman–Crippen LogP) is 4.30. The molecule has 0 radical (unpaired) electrons. The molecule has 21 heavy (non-hydrogen) atoms. The van der Waals surface area contributed by atoms with Crippen molar-refractivity contribution in [1.82, 2.24) is 10.2 Å². The van der Waals surface area contributed by atoms with Crippen molar-refractivity contribution in [2.45, 2.75) is 26.8 Å². The molecule has 0 atom stereocenters. The second kappa shape index (κ2) is 5.97. The van der Waals surface area contributed by atoms with E-state index in [0.717, 1.165) is 17.0 Å². The molecule has 0 aliphatic rings. The average Bonchev–Trinajstić information content (AvgIpc) is 2.67. The van der Waals surface area contributed by atoms with Gasteiger partial charge >= 0.3 is 6.36 Å². The first kappa shape index (κ1) is 15.7. The second-order valence-corrected chi connectivity index (χ2v) is 5.37. The summed E-state index contributed by atoms with van der Waals surface area (Å²) in [7, 11) is 0. The first-order chi connectivity index (χ1) is 9.76. The molecule has 0 aliphatic heterocycles. The van der Waals surface area contributed by atoms with Gasteiger partial charge in [-0.15, -0.1) is 13.2 Å². The van der Waals surface area contributed by atoms with Gasteiger partial charge in [0, 0.05) is 22.3 Å². The number of H-pyrrole nitrogens is 1. The van der Waals surface area contributed by atoms with E-state index in [1.807, 2.05) is 13.8 Å². The van der Waals surface area contributed by atoms with Crippen LogP contribution in [0.3, 0.4) is 0 Å². The summed E-state index contributed by atoms with van der Waals surface area (Å²) in [6.45, 7) is 4.03. The zero-order valence-electron chi connectivity index (χ0n) is 11.3. The van der Waals surface area contributed by atoms with Gasteiger partial charge in [0.25, 0.3) is 0 Å². The van der Waals surface area contributed by atoms with Crippen LogP contribution in [0.5, 0.6) is 5.75 Å². The van der Waals surface area contributed by atoms with Gasteiger partial charge in [-0.25, -0.2) is 0 Å². The summed E-state index contributed by atoms with van der Waals surface area (Å²) in [5.74, 6) is -0.282. The van der Waals surface area contributed by atoms with Gasteiger partial charge in [-0.3, -0.25) is 5.10 Å². The maximum atomic E-state index is 12.4. The molecule has 1 heterocycles. The molecule has 1 aromatic carbocycles. The summed E-state index contributed by atoms with van der Waals surface area (Å²) < 4.78 is 41.8. The van der Waals surface area contributed by atoms with Gasteiger partial charge in [-0.2, -0.15) is 5.10 Å². The Kier molecular flexibility index (Phi) is 4.46. The summed E-state index contributed by atoms with van der Waals surface area (Å²) >= 11 is 3.13. The van der Waals surface area contributed by atoms with E-state index in [-0.39, 0.29) is 11.4 Å². The number of benzene rings is 1. The highest BCUT2D eigenvalue weighted by Crippen LogP contribution is 2.33. The van der Waals surface area contributed by atoms with E-state index < -0.39 is 6.36 Å². The van der Waals surface area contributed by atoms with Crippen LogP contribution in [-0.2, 0) is 6.54 Å². The zero-order valence-corrected chi connectivity index (χ0v) is 12.9. The van der Waals surface area contributed by atoms with Crippen molar-refractivity contribution in [3.05, 3.63) is 39.6 Å². The van der Waals surface area contributed by atoms with E-state index >= 15 is 0 Å². The minimum absolute atomic E-state index is 0.260. The van der Waals surface area contributed by atoms with Gasteiger partial charge < -0.3 is 10.1 Å². The van der Waals surface area contributed by atoms with Gasteiger partial charge in [0.1, 0.15) is 0 Å². The van der Waals surface area contributed by atoms with Crippen molar-refractivity contribution in [1.29, 1.82) is 0 Å². The molecule has 0 saturated heterocycles. The van der Waals surface area contributed by atoms with Crippen LogP contribution >= 0.6 is 15.9 Å². The minimum Gasteiger partial charge on any atom is -0.404 e. The number of aromatic amines is 1. The Hall–Kier alpha value is -1.70. The summed E-state index contributed by atoms with van der Waals surface area (Å²) in [5, 5.41) is 9.81. The Morgan fingerprint density at radius 3 is 2.62 bits per heavy atom. The Morgan fingerprint density at radius 2 is 2.05 bits per heavy atom. The number of alkyl halides is 3. The monoisotopic (exact) mass is 363 g/mol. The van der Waals surface area contributed by atoms with Crippen molar-refractivity contribution >= 4 is 21.6 Å². The number of hydrogen-bond acceptors (Lipinski definition) is 3. The minimum atomic E-state index is -4.74. The van der Waals surface area contributed by atoms with E-state index in [1.165, 1.54) is 12.1 Å². The topological polar surface area (TPSA) is 49.9 Å². The molecule has 0 bridgehead atoms. The molecule has 0 aliphatic carbocycles. The quantitative estimate of drug-likeness (QED) is 0.851. The Balaban J connectivity index is 2.20. The van der Waals surface area contributed by atoms with E-state index in [0.29, 0.717) is 11.0 Å². The van der Waals surface area contributed by atoms with Crippen molar-refractivity contribution in [2.75, 3.05) is 5.32 Å². The summed E-state index contributed by atoms with van der Waals surface area (Å²) in [6.07, 6.45) is -4.74. The van der Waals surface area contributed by atoms with Crippen molar-refractivity contribution < 1.29 is 17.9 Å². The number of rotatable bonds is 4. The molecule has 8 heteroatoms. The van der Waals surface area contributed by atoms with Crippen LogP contribution in [0.4, 0.5) is 18.9 Å². The second-order valence-electron chi connectivity index (χ2n) is 4.45. The maximum absolute atomic E-state index is 12.4. The lowest BCUT2D eigenvalue weighted by atomic mass is 10.2. The molecule has 2 aromatic rings. The molecular weight excluding hydrogens is 351 g/mol. The predicted molar refractivity (Wildman–Crippen MR) is 76.2 cm³/mol. The molecule has 0 saturated carbocycles. The van der Waals surface area contributed by atoms with Crippen molar-refractivity contribution in [3.8, 4) is 5.75 Å². The Morgan fingerprint density at radius 1 is 1.33 bits per heavy atom. The molecule has 0 unspecified atom stereocenters. The van der Waals surface area contributed by atoms with Crippen LogP contribution in [-0.4, -0.2) is 16.6 Å². The van der Waals surface area contributed by atoms with Crippen LogP contribution in [0.25, 0.3) is 0 Å². The van der Waals surface area contributed by atoms with E-state index in [2.05, 4.69) is 36.2 Å². The third kappa shape index (κ3) is 4.13. The molecule has 2 N–H and O–H groups in total. The highest BCUT2D eigenvalue weighted by Gasteiger charge is 2.32. The van der Waals surface area contributed by atoms with Crippen LogP contribution in [0.15, 0.2) is 22.7 Å². The third-order valence-corrected chi connectivity index (χ3v) is 3.40. The number of halogens is 4. The number of aryl methyl sites for hydroxylation is 2. The highest BCUT2D eigenvalue weighted by molar-refractivity contribution is 9.10. The maximum Gasteiger partial charge on any atom is 0.573 e. The smallest absolute Gasteiger partial charge is 0.404 e. The summed E-state index contributed by atoms with van der Waals surface area (Å²) in [6, 6.07) is 4.43. The Labute approximate surface area is 127 Å². The molecular formula is C13H13BrF3N3O. The van der Waals surface area contributed by atoms with Gasteiger partial charge in [-0.1, -0.05) is 15.9 Å². The fourth-order valence-corrected chi connectivity index (χ4v) is 2.21. The molecule has 1 aromatic heterocycles. The van der Waals surface area contributed by atoms with Gasteiger partial charge in [0.15, 0.2) is 5.75 Å². The number of ether oxygens (including phenoxy) is 1. The molecule has 0 spiro atoms. The van der Waals surface area contributed by atoms with Gasteiger partial charge in [0.2, 0.25) is 0 Å². The fourth-order valence-electron chi connectivity index (χ4n) is 1.87. The van der Waals surface area contributed by atoms with Crippen molar-refractivity contribution in [2.24, 2.45) is 0 Å². The zero-order chi connectivity index (χ0) is 15.6. The summed E-state index contributed by atoms with van der Waals surface area (Å²) in [5.41, 5.74) is 2.84. The van der Waals surface area contributed by atoms with Crippen LogP contribution in [0, 0.1) is 13.8 Å². The Bertz CT molecular complexity index is 621. The number of anilines is 1. The van der Waals surface area contributed by atoms with Crippen LogP contribution in [0.1, 0.15) is 17.0 Å².